The molecule has 0 saturated carbocycles. The topological polar surface area (TPSA) is 26.3 Å². The van der Waals surface area contributed by atoms with E-state index in [1.165, 1.54) is 23.6 Å². The molecule has 0 spiro atoms. The minimum atomic E-state index is -0.227. The molecule has 2 heteroatoms. The number of hydrogen-bond donors (Lipinski definition) is 0. The molecule has 2 nitrogen and oxygen atoms in total. The maximum atomic E-state index is 11.0. The maximum absolute atomic E-state index is 11.0. The second kappa shape index (κ2) is 5.49. The molecule has 0 aliphatic heterocycles. The third kappa shape index (κ3) is 2.60. The van der Waals surface area contributed by atoms with E-state index in [1.807, 2.05) is 6.07 Å². The Kier molecular flexibility index (Phi) is 3.55. The molecule has 0 bridgehead atoms. The zero-order valence-electron chi connectivity index (χ0n) is 11.6. The summed E-state index contributed by atoms with van der Waals surface area (Å²) in [6.45, 7) is 1.83. The third-order valence-corrected chi connectivity index (χ3v) is 3.98. The molecule has 0 atom stereocenters. The lowest BCUT2D eigenvalue weighted by Crippen LogP contribution is -2.06. The first-order valence-corrected chi connectivity index (χ1v) is 7.02. The van der Waals surface area contributed by atoms with Gasteiger partial charge in [0.15, 0.2) is 0 Å². The highest BCUT2D eigenvalue weighted by Gasteiger charge is 2.24. The summed E-state index contributed by atoms with van der Waals surface area (Å²) >= 11 is 0. The first kappa shape index (κ1) is 12.9. The SMILES string of the molecule is CC(=O)OCc1ccccc1C1Cc2ccccc2C1. The van der Waals surface area contributed by atoms with Gasteiger partial charge in [0, 0.05) is 6.92 Å². The molecule has 0 N–H and O–H groups in total. The van der Waals surface area contributed by atoms with Crippen LogP contribution in [0, 0.1) is 0 Å². The van der Waals surface area contributed by atoms with Gasteiger partial charge in [0.2, 0.25) is 0 Å². The fraction of sp³-hybridized carbons (Fsp3) is 0.278. The summed E-state index contributed by atoms with van der Waals surface area (Å²) < 4.78 is 5.17. The Hall–Kier alpha value is -2.09. The largest absolute Gasteiger partial charge is 0.461 e. The molecular formula is C18H18O2. The van der Waals surface area contributed by atoms with Crippen LogP contribution in [0.15, 0.2) is 48.5 Å². The monoisotopic (exact) mass is 266 g/mol. The van der Waals surface area contributed by atoms with Gasteiger partial charge in [-0.3, -0.25) is 4.79 Å². The predicted molar refractivity (Wildman–Crippen MR) is 78.5 cm³/mol. The molecule has 0 fully saturated rings. The summed E-state index contributed by atoms with van der Waals surface area (Å²) in [6, 6.07) is 16.9. The number of fused-ring (bicyclic) bond motifs is 1. The molecule has 0 radical (unpaired) electrons. The zero-order valence-corrected chi connectivity index (χ0v) is 11.6. The summed E-state index contributed by atoms with van der Waals surface area (Å²) in [5.41, 5.74) is 5.32. The molecule has 0 amide bonds. The molecule has 0 aromatic heterocycles. The number of hydrogen-bond acceptors (Lipinski definition) is 2. The second-order valence-electron chi connectivity index (χ2n) is 5.35. The lowest BCUT2D eigenvalue weighted by molar-refractivity contribution is -0.142. The molecule has 0 saturated heterocycles. The molecule has 0 heterocycles. The average molecular weight is 266 g/mol. The quantitative estimate of drug-likeness (QED) is 0.793. The number of carbonyl (C=O) groups excluding carboxylic acids is 1. The van der Waals surface area contributed by atoms with Crippen molar-refractivity contribution in [3.8, 4) is 0 Å². The highest BCUT2D eigenvalue weighted by atomic mass is 16.5. The van der Waals surface area contributed by atoms with Crippen molar-refractivity contribution in [2.45, 2.75) is 32.3 Å². The van der Waals surface area contributed by atoms with Crippen molar-refractivity contribution in [1.82, 2.24) is 0 Å². The van der Waals surface area contributed by atoms with Crippen LogP contribution in [-0.4, -0.2) is 5.97 Å². The molecule has 2 aromatic carbocycles. The summed E-state index contributed by atoms with van der Waals surface area (Å²) in [5, 5.41) is 0. The number of rotatable bonds is 3. The van der Waals surface area contributed by atoms with Gasteiger partial charge in [-0.15, -0.1) is 0 Å². The standard InChI is InChI=1S/C18H18O2/c1-13(19)20-12-16-8-4-5-9-18(16)17-10-14-6-2-3-7-15(14)11-17/h2-9,17H,10-12H2,1H3. The van der Waals surface area contributed by atoms with Crippen LogP contribution in [0.25, 0.3) is 0 Å². The van der Waals surface area contributed by atoms with Gasteiger partial charge in [0.1, 0.15) is 6.61 Å². The number of esters is 1. The Bertz CT molecular complexity index is 606. The van der Waals surface area contributed by atoms with Crippen LogP contribution in [0.1, 0.15) is 35.1 Å². The van der Waals surface area contributed by atoms with Crippen LogP contribution in [-0.2, 0) is 29.0 Å². The second-order valence-corrected chi connectivity index (χ2v) is 5.35. The fourth-order valence-corrected chi connectivity index (χ4v) is 3.02. The predicted octanol–water partition coefficient (Wildman–Crippen LogP) is 3.63. The third-order valence-electron chi connectivity index (χ3n) is 3.98. The Morgan fingerprint density at radius 3 is 2.30 bits per heavy atom. The molecule has 0 unspecified atom stereocenters. The van der Waals surface area contributed by atoms with Crippen molar-refractivity contribution < 1.29 is 9.53 Å². The van der Waals surface area contributed by atoms with Crippen molar-refractivity contribution in [1.29, 1.82) is 0 Å². The maximum Gasteiger partial charge on any atom is 0.302 e. The lowest BCUT2D eigenvalue weighted by Gasteiger charge is -2.15. The number of ether oxygens (including phenoxy) is 1. The van der Waals surface area contributed by atoms with Gasteiger partial charge in [0.05, 0.1) is 0 Å². The van der Waals surface area contributed by atoms with Gasteiger partial charge in [-0.1, -0.05) is 48.5 Å². The highest BCUT2D eigenvalue weighted by Crippen LogP contribution is 2.35. The van der Waals surface area contributed by atoms with Crippen molar-refractivity contribution in [2.24, 2.45) is 0 Å². The molecule has 102 valence electrons. The van der Waals surface area contributed by atoms with Crippen LogP contribution in [0.2, 0.25) is 0 Å². The molecule has 3 rings (SSSR count). The molecule has 1 aliphatic rings. The van der Waals surface area contributed by atoms with Gasteiger partial charge < -0.3 is 4.74 Å². The van der Waals surface area contributed by atoms with Crippen LogP contribution in [0.5, 0.6) is 0 Å². The van der Waals surface area contributed by atoms with E-state index < -0.39 is 0 Å². The van der Waals surface area contributed by atoms with Crippen molar-refractivity contribution in [2.75, 3.05) is 0 Å². The zero-order chi connectivity index (χ0) is 13.9. The number of benzene rings is 2. The van der Waals surface area contributed by atoms with Gasteiger partial charge in [0.25, 0.3) is 0 Å². The van der Waals surface area contributed by atoms with Gasteiger partial charge >= 0.3 is 5.97 Å². The summed E-state index contributed by atoms with van der Waals surface area (Å²) in [6.07, 6.45) is 2.15. The Morgan fingerprint density at radius 2 is 1.65 bits per heavy atom. The minimum absolute atomic E-state index is 0.227. The lowest BCUT2D eigenvalue weighted by atomic mass is 9.92. The van der Waals surface area contributed by atoms with Crippen molar-refractivity contribution >= 4 is 5.97 Å². The van der Waals surface area contributed by atoms with Crippen molar-refractivity contribution in [3.63, 3.8) is 0 Å². The molecule has 20 heavy (non-hydrogen) atoms. The number of carbonyl (C=O) groups is 1. The first-order valence-electron chi connectivity index (χ1n) is 7.02. The summed E-state index contributed by atoms with van der Waals surface area (Å²) in [5.74, 6) is 0.272. The summed E-state index contributed by atoms with van der Waals surface area (Å²) in [4.78, 5) is 11.0. The van der Waals surface area contributed by atoms with E-state index in [4.69, 9.17) is 4.74 Å². The van der Waals surface area contributed by atoms with E-state index in [0.717, 1.165) is 18.4 Å². The molecular weight excluding hydrogens is 248 g/mol. The Labute approximate surface area is 119 Å². The van der Waals surface area contributed by atoms with Crippen LogP contribution >= 0.6 is 0 Å². The molecule has 2 aromatic rings. The van der Waals surface area contributed by atoms with Crippen LogP contribution in [0.3, 0.4) is 0 Å². The molecule has 1 aliphatic carbocycles. The Morgan fingerprint density at radius 1 is 1.05 bits per heavy atom. The van der Waals surface area contributed by atoms with Gasteiger partial charge in [-0.2, -0.15) is 0 Å². The van der Waals surface area contributed by atoms with Crippen LogP contribution < -0.4 is 0 Å². The minimum Gasteiger partial charge on any atom is -0.461 e. The van der Waals surface area contributed by atoms with Crippen molar-refractivity contribution in [3.05, 3.63) is 70.8 Å². The highest BCUT2D eigenvalue weighted by molar-refractivity contribution is 5.66. The van der Waals surface area contributed by atoms with E-state index in [2.05, 4.69) is 42.5 Å². The summed E-state index contributed by atoms with van der Waals surface area (Å²) in [7, 11) is 0. The van der Waals surface area contributed by atoms with E-state index in [0.29, 0.717) is 12.5 Å². The van der Waals surface area contributed by atoms with E-state index in [-0.39, 0.29) is 5.97 Å². The van der Waals surface area contributed by atoms with Gasteiger partial charge in [-0.05, 0) is 41.0 Å². The average Bonchev–Trinajstić information content (AvgIpc) is 2.89. The Balaban J connectivity index is 1.83. The van der Waals surface area contributed by atoms with E-state index in [9.17, 15) is 4.79 Å². The fourth-order valence-electron chi connectivity index (χ4n) is 3.02. The van der Waals surface area contributed by atoms with Crippen LogP contribution in [0.4, 0.5) is 0 Å². The van der Waals surface area contributed by atoms with Gasteiger partial charge in [-0.25, -0.2) is 0 Å². The normalized spacial score (nSPS) is 14.1. The smallest absolute Gasteiger partial charge is 0.302 e. The van der Waals surface area contributed by atoms with E-state index in [1.54, 1.807) is 0 Å². The van der Waals surface area contributed by atoms with E-state index >= 15 is 0 Å². The first-order chi connectivity index (χ1) is 9.74.